The van der Waals surface area contributed by atoms with Crippen molar-refractivity contribution < 1.29 is 9.53 Å². The molecule has 0 unspecified atom stereocenters. The molecule has 0 aliphatic carbocycles. The van der Waals surface area contributed by atoms with E-state index in [9.17, 15) is 4.79 Å². The van der Waals surface area contributed by atoms with Crippen molar-refractivity contribution in [1.29, 1.82) is 0 Å². The molecule has 3 aromatic rings. The lowest BCUT2D eigenvalue weighted by Gasteiger charge is -2.34. The minimum absolute atomic E-state index is 0.0936. The van der Waals surface area contributed by atoms with Crippen LogP contribution in [-0.2, 0) is 0 Å². The molecule has 4 rings (SSSR count). The summed E-state index contributed by atoms with van der Waals surface area (Å²) in [6.45, 7) is 4.88. The van der Waals surface area contributed by atoms with E-state index in [1.807, 2.05) is 48.2 Å². The average Bonchev–Trinajstić information content (AvgIpc) is 3.12. The molecule has 7 heteroatoms. The van der Waals surface area contributed by atoms with Crippen molar-refractivity contribution in [3.05, 3.63) is 52.5 Å². The lowest BCUT2D eigenvalue weighted by Crippen LogP contribution is -2.48. The second kappa shape index (κ2) is 7.37. The number of carbonyl (C=O) groups is 1. The molecule has 0 bridgehead atoms. The van der Waals surface area contributed by atoms with Gasteiger partial charge in [-0.05, 0) is 31.2 Å². The third-order valence-electron chi connectivity index (χ3n) is 4.76. The lowest BCUT2D eigenvalue weighted by atomic mass is 10.1. The average molecular weight is 402 g/mol. The molecule has 0 N–H and O–H groups in total. The number of halogens is 1. The molecule has 1 aromatic heterocycles. The van der Waals surface area contributed by atoms with Crippen LogP contribution in [0.3, 0.4) is 0 Å². The Morgan fingerprint density at radius 3 is 2.67 bits per heavy atom. The number of amides is 1. The molecule has 0 radical (unpaired) electrons. The van der Waals surface area contributed by atoms with Gasteiger partial charge in [-0.3, -0.25) is 4.79 Å². The smallest absolute Gasteiger partial charge is 0.253 e. The highest BCUT2D eigenvalue weighted by Gasteiger charge is 2.24. The van der Waals surface area contributed by atoms with E-state index in [4.69, 9.17) is 21.3 Å². The second-order valence-corrected chi connectivity index (χ2v) is 7.99. The first kappa shape index (κ1) is 18.1. The summed E-state index contributed by atoms with van der Waals surface area (Å²) in [7, 11) is 1.61. The predicted octanol–water partition coefficient (Wildman–Crippen LogP) is 4.23. The van der Waals surface area contributed by atoms with E-state index in [1.165, 1.54) is 0 Å². The molecular weight excluding hydrogens is 382 g/mol. The van der Waals surface area contributed by atoms with Crippen molar-refractivity contribution in [2.24, 2.45) is 0 Å². The first-order valence-corrected chi connectivity index (χ1v) is 10.00. The third kappa shape index (κ3) is 3.47. The van der Waals surface area contributed by atoms with Crippen LogP contribution in [0.1, 0.15) is 15.9 Å². The van der Waals surface area contributed by atoms with Gasteiger partial charge in [0.05, 0.1) is 16.8 Å². The third-order valence-corrected chi connectivity index (χ3v) is 6.14. The Balaban J connectivity index is 1.49. The van der Waals surface area contributed by atoms with Gasteiger partial charge in [-0.1, -0.05) is 40.6 Å². The van der Waals surface area contributed by atoms with Gasteiger partial charge in [0.1, 0.15) is 5.52 Å². The molecule has 27 heavy (non-hydrogen) atoms. The SMILES string of the molecule is COc1c(Cl)ccc2sc(N3CCN(C(=O)c4cccc(C)c4)CC3)nc12. The molecule has 2 aromatic carbocycles. The van der Waals surface area contributed by atoms with Crippen molar-refractivity contribution in [3.63, 3.8) is 0 Å². The largest absolute Gasteiger partial charge is 0.493 e. The number of aryl methyl sites for hydroxylation is 1. The normalized spacial score (nSPS) is 14.6. The van der Waals surface area contributed by atoms with Crippen LogP contribution in [0.25, 0.3) is 10.2 Å². The summed E-state index contributed by atoms with van der Waals surface area (Å²) in [5, 5.41) is 1.50. The maximum absolute atomic E-state index is 12.7. The number of piperazine rings is 1. The van der Waals surface area contributed by atoms with Crippen LogP contribution < -0.4 is 9.64 Å². The Labute approximate surface area is 167 Å². The lowest BCUT2D eigenvalue weighted by molar-refractivity contribution is 0.0746. The van der Waals surface area contributed by atoms with Crippen molar-refractivity contribution in [3.8, 4) is 5.75 Å². The molecule has 1 amide bonds. The highest BCUT2D eigenvalue weighted by molar-refractivity contribution is 7.22. The van der Waals surface area contributed by atoms with E-state index in [1.54, 1.807) is 18.4 Å². The van der Waals surface area contributed by atoms with Gasteiger partial charge in [-0.15, -0.1) is 0 Å². The molecule has 0 spiro atoms. The first-order valence-electron chi connectivity index (χ1n) is 8.81. The van der Waals surface area contributed by atoms with Crippen LogP contribution in [0, 0.1) is 6.92 Å². The number of anilines is 1. The Morgan fingerprint density at radius 1 is 1.19 bits per heavy atom. The fourth-order valence-corrected chi connectivity index (χ4v) is 4.57. The Morgan fingerprint density at radius 2 is 1.96 bits per heavy atom. The highest BCUT2D eigenvalue weighted by atomic mass is 35.5. The number of hydrogen-bond acceptors (Lipinski definition) is 5. The van der Waals surface area contributed by atoms with Crippen LogP contribution in [0.2, 0.25) is 5.02 Å². The number of benzene rings is 2. The van der Waals surface area contributed by atoms with Crippen molar-refractivity contribution in [2.45, 2.75) is 6.92 Å². The number of methoxy groups -OCH3 is 1. The quantitative estimate of drug-likeness (QED) is 0.658. The summed E-state index contributed by atoms with van der Waals surface area (Å²) >= 11 is 7.83. The zero-order chi connectivity index (χ0) is 19.0. The summed E-state index contributed by atoms with van der Waals surface area (Å²) < 4.78 is 6.45. The van der Waals surface area contributed by atoms with Crippen molar-refractivity contribution >= 4 is 44.2 Å². The monoisotopic (exact) mass is 401 g/mol. The number of ether oxygens (including phenoxy) is 1. The molecule has 1 aliphatic rings. The minimum atomic E-state index is 0.0936. The number of fused-ring (bicyclic) bond motifs is 1. The van der Waals surface area contributed by atoms with Crippen molar-refractivity contribution in [2.75, 3.05) is 38.2 Å². The highest BCUT2D eigenvalue weighted by Crippen LogP contribution is 2.38. The van der Waals surface area contributed by atoms with E-state index < -0.39 is 0 Å². The van der Waals surface area contributed by atoms with Crippen LogP contribution >= 0.6 is 22.9 Å². The van der Waals surface area contributed by atoms with E-state index in [-0.39, 0.29) is 5.91 Å². The number of nitrogens with zero attached hydrogens (tertiary/aromatic N) is 3. The molecule has 5 nitrogen and oxygen atoms in total. The molecule has 1 aliphatic heterocycles. The Bertz CT molecular complexity index is 996. The molecule has 1 saturated heterocycles. The van der Waals surface area contributed by atoms with Gasteiger partial charge in [-0.2, -0.15) is 0 Å². The van der Waals surface area contributed by atoms with Crippen LogP contribution in [0.15, 0.2) is 36.4 Å². The number of hydrogen-bond donors (Lipinski definition) is 0. The maximum Gasteiger partial charge on any atom is 0.253 e. The standard InChI is InChI=1S/C20H20ClN3O2S/c1-13-4-3-5-14(12-13)19(25)23-8-10-24(11-9-23)20-22-17-16(27-20)7-6-15(21)18(17)26-2/h3-7,12H,8-11H2,1-2H3. The number of aromatic nitrogens is 1. The molecule has 1 fully saturated rings. The second-order valence-electron chi connectivity index (χ2n) is 6.57. The van der Waals surface area contributed by atoms with Gasteiger partial charge in [0.25, 0.3) is 5.91 Å². The maximum atomic E-state index is 12.7. The van der Waals surface area contributed by atoms with E-state index >= 15 is 0 Å². The molecule has 0 atom stereocenters. The summed E-state index contributed by atoms with van der Waals surface area (Å²) in [5.74, 6) is 0.709. The first-order chi connectivity index (χ1) is 13.1. The fraction of sp³-hybridized carbons (Fsp3) is 0.300. The van der Waals surface area contributed by atoms with Gasteiger partial charge in [0, 0.05) is 31.7 Å². The van der Waals surface area contributed by atoms with E-state index in [0.717, 1.165) is 39.6 Å². The topological polar surface area (TPSA) is 45.7 Å². The van der Waals surface area contributed by atoms with Gasteiger partial charge in [0.15, 0.2) is 10.9 Å². The van der Waals surface area contributed by atoms with E-state index in [2.05, 4.69) is 4.90 Å². The number of rotatable bonds is 3. The van der Waals surface area contributed by atoms with Gasteiger partial charge in [0.2, 0.25) is 0 Å². The van der Waals surface area contributed by atoms with Crippen molar-refractivity contribution in [1.82, 2.24) is 9.88 Å². The number of carbonyl (C=O) groups excluding carboxylic acids is 1. The molecule has 140 valence electrons. The van der Waals surface area contributed by atoms with Crippen LogP contribution in [0.5, 0.6) is 5.75 Å². The van der Waals surface area contributed by atoms with E-state index in [0.29, 0.717) is 23.9 Å². The molecule has 2 heterocycles. The summed E-state index contributed by atoms with van der Waals surface area (Å²) in [6.07, 6.45) is 0. The number of thiazole rings is 1. The summed E-state index contributed by atoms with van der Waals surface area (Å²) in [4.78, 5) is 21.6. The Kier molecular flexibility index (Phi) is 4.93. The van der Waals surface area contributed by atoms with Gasteiger partial charge < -0.3 is 14.5 Å². The molecular formula is C20H20ClN3O2S. The predicted molar refractivity (Wildman–Crippen MR) is 110 cm³/mol. The van der Waals surface area contributed by atoms with Gasteiger partial charge >= 0.3 is 0 Å². The van der Waals surface area contributed by atoms with Gasteiger partial charge in [-0.25, -0.2) is 4.98 Å². The molecule has 0 saturated carbocycles. The van der Waals surface area contributed by atoms with Crippen LogP contribution in [0.4, 0.5) is 5.13 Å². The Hall–Kier alpha value is -2.31. The zero-order valence-corrected chi connectivity index (χ0v) is 16.8. The summed E-state index contributed by atoms with van der Waals surface area (Å²) in [6, 6.07) is 11.6. The summed E-state index contributed by atoms with van der Waals surface area (Å²) in [5.41, 5.74) is 2.65. The van der Waals surface area contributed by atoms with Crippen LogP contribution in [-0.4, -0.2) is 49.1 Å². The minimum Gasteiger partial charge on any atom is -0.493 e. The fourth-order valence-electron chi connectivity index (χ4n) is 3.32. The zero-order valence-electron chi connectivity index (χ0n) is 15.2.